The molecule has 0 radical (unpaired) electrons. The Kier molecular flexibility index (Phi) is 4.34. The number of hydrogen-bond acceptors (Lipinski definition) is 3. The van der Waals surface area contributed by atoms with Crippen molar-refractivity contribution in [3.05, 3.63) is 18.2 Å². The highest BCUT2D eigenvalue weighted by atomic mass is 16.5. The summed E-state index contributed by atoms with van der Waals surface area (Å²) in [5, 5.41) is 3.55. The minimum atomic E-state index is 0.559. The van der Waals surface area contributed by atoms with E-state index >= 15 is 0 Å². The van der Waals surface area contributed by atoms with Gasteiger partial charge in [0.15, 0.2) is 0 Å². The highest BCUT2D eigenvalue weighted by Gasteiger charge is 2.21. The van der Waals surface area contributed by atoms with Gasteiger partial charge in [-0.3, -0.25) is 0 Å². The maximum absolute atomic E-state index is 6.15. The molecule has 2 unspecified atom stereocenters. The van der Waals surface area contributed by atoms with Crippen LogP contribution in [0.4, 0.5) is 11.4 Å². The van der Waals surface area contributed by atoms with E-state index in [4.69, 9.17) is 10.5 Å². The summed E-state index contributed by atoms with van der Waals surface area (Å²) in [7, 11) is 0. The molecule has 1 saturated carbocycles. The minimum absolute atomic E-state index is 0.559. The van der Waals surface area contributed by atoms with Gasteiger partial charge in [0.05, 0.1) is 18.0 Å². The van der Waals surface area contributed by atoms with Crippen LogP contribution < -0.4 is 15.8 Å². The highest BCUT2D eigenvalue weighted by molar-refractivity contribution is 5.73. The molecule has 1 fully saturated rings. The Labute approximate surface area is 110 Å². The summed E-state index contributed by atoms with van der Waals surface area (Å²) in [6.45, 7) is 5.12. The molecule has 0 aliphatic heterocycles. The molecule has 0 aromatic heterocycles. The van der Waals surface area contributed by atoms with Gasteiger partial charge >= 0.3 is 0 Å². The third-order valence-electron chi connectivity index (χ3n) is 3.58. The summed E-state index contributed by atoms with van der Waals surface area (Å²) in [5.74, 6) is 1.62. The van der Waals surface area contributed by atoms with Crippen LogP contribution in [0.3, 0.4) is 0 Å². The molecule has 3 nitrogen and oxygen atoms in total. The van der Waals surface area contributed by atoms with Gasteiger partial charge in [-0.15, -0.1) is 0 Å². The number of anilines is 2. The van der Waals surface area contributed by atoms with Crippen molar-refractivity contribution < 1.29 is 4.74 Å². The highest BCUT2D eigenvalue weighted by Crippen LogP contribution is 2.33. The molecule has 100 valence electrons. The van der Waals surface area contributed by atoms with Crippen molar-refractivity contribution in [2.75, 3.05) is 17.7 Å². The van der Waals surface area contributed by atoms with Crippen LogP contribution in [0, 0.1) is 5.92 Å². The summed E-state index contributed by atoms with van der Waals surface area (Å²) in [5.41, 5.74) is 7.91. The van der Waals surface area contributed by atoms with E-state index in [1.54, 1.807) is 0 Å². The molecule has 3 N–H and O–H groups in total. The number of nitrogens with one attached hydrogen (secondary N) is 1. The largest absolute Gasteiger partial charge is 0.491 e. The summed E-state index contributed by atoms with van der Waals surface area (Å²) >= 11 is 0. The zero-order chi connectivity index (χ0) is 13.0. The molecular formula is C15H24N2O. The molecule has 2 rings (SSSR count). The second-order valence-electron chi connectivity index (χ2n) is 5.33. The predicted octanol–water partition coefficient (Wildman–Crippen LogP) is 3.66. The van der Waals surface area contributed by atoms with E-state index in [2.05, 4.69) is 19.2 Å². The lowest BCUT2D eigenvalue weighted by Crippen LogP contribution is -2.16. The first-order valence-corrected chi connectivity index (χ1v) is 6.98. The van der Waals surface area contributed by atoms with Crippen LogP contribution in [0.1, 0.15) is 39.5 Å². The number of nitrogens with two attached hydrogens (primary N) is 1. The summed E-state index contributed by atoms with van der Waals surface area (Å²) in [6, 6.07) is 6.54. The summed E-state index contributed by atoms with van der Waals surface area (Å²) < 4.78 is 5.65. The second-order valence-corrected chi connectivity index (χ2v) is 5.33. The quantitative estimate of drug-likeness (QED) is 0.782. The number of nitrogen functional groups attached to an aromatic ring is 1. The monoisotopic (exact) mass is 248 g/mol. The third kappa shape index (κ3) is 3.09. The minimum Gasteiger partial charge on any atom is -0.491 e. The average Bonchev–Trinajstić information content (AvgIpc) is 2.76. The fourth-order valence-corrected chi connectivity index (χ4v) is 2.57. The van der Waals surface area contributed by atoms with Crippen molar-refractivity contribution in [2.45, 2.75) is 45.6 Å². The second kappa shape index (κ2) is 5.98. The van der Waals surface area contributed by atoms with Gasteiger partial charge in [-0.05, 0) is 43.7 Å². The molecule has 1 aliphatic carbocycles. The zero-order valence-electron chi connectivity index (χ0n) is 11.4. The van der Waals surface area contributed by atoms with Crippen LogP contribution in [-0.2, 0) is 0 Å². The molecule has 2 atom stereocenters. The Bertz CT molecular complexity index is 392. The Morgan fingerprint density at radius 3 is 2.89 bits per heavy atom. The standard InChI is InChI=1S/C15H24N2O/c1-3-9-18-14-6-4-5-13(15(14)16)17-12-8-7-11(2)10-12/h4-6,11-12,17H,3,7-10,16H2,1-2H3. The number of ether oxygens (including phenoxy) is 1. The van der Waals surface area contributed by atoms with Crippen molar-refractivity contribution in [1.29, 1.82) is 0 Å². The maximum Gasteiger partial charge on any atom is 0.144 e. The van der Waals surface area contributed by atoms with Gasteiger partial charge in [-0.1, -0.05) is 19.9 Å². The molecule has 1 aliphatic rings. The molecule has 0 heterocycles. The number of benzene rings is 1. The Balaban J connectivity index is 2.03. The van der Waals surface area contributed by atoms with E-state index in [-0.39, 0.29) is 0 Å². The Morgan fingerprint density at radius 1 is 1.39 bits per heavy atom. The number of rotatable bonds is 5. The normalized spacial score (nSPS) is 23.0. The molecular weight excluding hydrogens is 224 g/mol. The van der Waals surface area contributed by atoms with Crippen LogP contribution in [0.25, 0.3) is 0 Å². The van der Waals surface area contributed by atoms with Gasteiger partial charge in [0.2, 0.25) is 0 Å². The van der Waals surface area contributed by atoms with Crippen LogP contribution in [0.15, 0.2) is 18.2 Å². The average molecular weight is 248 g/mol. The molecule has 1 aromatic rings. The molecule has 0 bridgehead atoms. The van der Waals surface area contributed by atoms with Crippen LogP contribution in [0.5, 0.6) is 5.75 Å². The van der Waals surface area contributed by atoms with E-state index in [0.29, 0.717) is 12.6 Å². The van der Waals surface area contributed by atoms with Crippen molar-refractivity contribution >= 4 is 11.4 Å². The van der Waals surface area contributed by atoms with Crippen molar-refractivity contribution in [3.63, 3.8) is 0 Å². The maximum atomic E-state index is 6.15. The first-order chi connectivity index (χ1) is 8.70. The van der Waals surface area contributed by atoms with Crippen molar-refractivity contribution in [1.82, 2.24) is 0 Å². The van der Waals surface area contributed by atoms with Crippen LogP contribution in [-0.4, -0.2) is 12.6 Å². The molecule has 0 spiro atoms. The van der Waals surface area contributed by atoms with E-state index in [1.165, 1.54) is 19.3 Å². The van der Waals surface area contributed by atoms with Gasteiger partial charge < -0.3 is 15.8 Å². The Hall–Kier alpha value is -1.38. The molecule has 3 heteroatoms. The predicted molar refractivity (Wildman–Crippen MR) is 77.1 cm³/mol. The molecule has 0 saturated heterocycles. The topological polar surface area (TPSA) is 47.3 Å². The number of hydrogen-bond donors (Lipinski definition) is 2. The van der Waals surface area contributed by atoms with Gasteiger partial charge in [0.1, 0.15) is 5.75 Å². The number of para-hydroxylation sites is 1. The van der Waals surface area contributed by atoms with Gasteiger partial charge in [0.25, 0.3) is 0 Å². The first-order valence-electron chi connectivity index (χ1n) is 6.98. The lowest BCUT2D eigenvalue weighted by Gasteiger charge is -2.17. The Morgan fingerprint density at radius 2 is 2.22 bits per heavy atom. The summed E-state index contributed by atoms with van der Waals surface area (Å²) in [4.78, 5) is 0. The SMILES string of the molecule is CCCOc1cccc(NC2CCC(C)C2)c1N. The van der Waals surface area contributed by atoms with Crippen molar-refractivity contribution in [2.24, 2.45) is 5.92 Å². The molecule has 18 heavy (non-hydrogen) atoms. The zero-order valence-corrected chi connectivity index (χ0v) is 11.4. The van der Waals surface area contributed by atoms with Gasteiger partial charge in [0, 0.05) is 6.04 Å². The third-order valence-corrected chi connectivity index (χ3v) is 3.58. The lowest BCUT2D eigenvalue weighted by molar-refractivity contribution is 0.319. The first kappa shape index (κ1) is 13.1. The molecule has 0 amide bonds. The van der Waals surface area contributed by atoms with E-state index in [9.17, 15) is 0 Å². The van der Waals surface area contributed by atoms with Crippen LogP contribution in [0.2, 0.25) is 0 Å². The molecule has 1 aromatic carbocycles. The lowest BCUT2D eigenvalue weighted by atomic mass is 10.1. The smallest absolute Gasteiger partial charge is 0.144 e. The van der Waals surface area contributed by atoms with E-state index < -0.39 is 0 Å². The summed E-state index contributed by atoms with van der Waals surface area (Å²) in [6.07, 6.45) is 4.78. The van der Waals surface area contributed by atoms with Crippen LogP contribution >= 0.6 is 0 Å². The van der Waals surface area contributed by atoms with Gasteiger partial charge in [-0.25, -0.2) is 0 Å². The van der Waals surface area contributed by atoms with Gasteiger partial charge in [-0.2, -0.15) is 0 Å². The van der Waals surface area contributed by atoms with Crippen molar-refractivity contribution in [3.8, 4) is 5.75 Å². The van der Waals surface area contributed by atoms with E-state index in [1.807, 2.05) is 18.2 Å². The van der Waals surface area contributed by atoms with E-state index in [0.717, 1.165) is 29.5 Å². The fraction of sp³-hybridized carbons (Fsp3) is 0.600. The fourth-order valence-electron chi connectivity index (χ4n) is 2.57.